The minimum atomic E-state index is -1.26. The minimum Gasteiger partial charge on any atom is -0.0809 e. The molecule has 0 aromatic heterocycles. The molecule has 14 heavy (non-hydrogen) atoms. The summed E-state index contributed by atoms with van der Waals surface area (Å²) in [5.41, 5.74) is 0. The van der Waals surface area contributed by atoms with Crippen molar-refractivity contribution in [3.63, 3.8) is 0 Å². The molecule has 0 bridgehead atoms. The topological polar surface area (TPSA) is 0 Å². The summed E-state index contributed by atoms with van der Waals surface area (Å²) in [6, 6.07) is 1.34. The van der Waals surface area contributed by atoms with E-state index in [9.17, 15) is 0 Å². The van der Waals surface area contributed by atoms with Gasteiger partial charge in [-0.15, -0.1) is 0 Å². The third-order valence-electron chi connectivity index (χ3n) is 3.67. The quantitative estimate of drug-likeness (QED) is 0.608. The Morgan fingerprint density at radius 1 is 1.07 bits per heavy atom. The highest BCUT2D eigenvalue weighted by molar-refractivity contribution is 6.91. The number of allylic oxidation sites excluding steroid dienone is 8. The van der Waals surface area contributed by atoms with E-state index in [4.69, 9.17) is 0 Å². The van der Waals surface area contributed by atoms with E-state index in [1.165, 1.54) is 18.9 Å². The van der Waals surface area contributed by atoms with Crippen molar-refractivity contribution in [2.75, 3.05) is 0 Å². The zero-order valence-electron chi connectivity index (χ0n) is 9.09. The van der Waals surface area contributed by atoms with Crippen molar-refractivity contribution < 1.29 is 0 Å². The maximum atomic E-state index is 2.52. The van der Waals surface area contributed by atoms with Crippen molar-refractivity contribution >= 4 is 8.07 Å². The van der Waals surface area contributed by atoms with Crippen molar-refractivity contribution in [2.45, 2.75) is 32.4 Å². The monoisotopic (exact) mass is 202 g/mol. The van der Waals surface area contributed by atoms with E-state index in [1.54, 1.807) is 10.4 Å². The summed E-state index contributed by atoms with van der Waals surface area (Å²) in [6.07, 6.45) is 16.1. The van der Waals surface area contributed by atoms with Crippen LogP contribution in [0.4, 0.5) is 0 Å². The molecule has 0 heterocycles. The highest BCUT2D eigenvalue weighted by Gasteiger charge is 2.33. The van der Waals surface area contributed by atoms with E-state index in [0.29, 0.717) is 0 Å². The second kappa shape index (κ2) is 3.74. The lowest BCUT2D eigenvalue weighted by Gasteiger charge is -2.29. The predicted molar refractivity (Wildman–Crippen MR) is 65.8 cm³/mol. The molecular weight excluding hydrogens is 184 g/mol. The molecule has 2 rings (SSSR count). The molecule has 0 spiro atoms. The Balaban J connectivity index is 2.25. The van der Waals surface area contributed by atoms with Gasteiger partial charge in [0.2, 0.25) is 0 Å². The maximum Gasteiger partial charge on any atom is 0.106 e. The highest BCUT2D eigenvalue weighted by atomic mass is 28.3. The molecule has 0 aromatic carbocycles. The first-order valence-corrected chi connectivity index (χ1v) is 8.20. The molecule has 0 amide bonds. The van der Waals surface area contributed by atoms with Crippen LogP contribution in [0.1, 0.15) is 19.8 Å². The summed E-state index contributed by atoms with van der Waals surface area (Å²) in [4.78, 5) is 0. The predicted octanol–water partition coefficient (Wildman–Crippen LogP) is 3.94. The SMILES string of the molecule is CC[Si](C)(C1=CC=CC1)C1=CC=CC1. The standard InChI is InChI=1S/C13H18Si/c1-3-14(2,12-8-4-5-9-12)13-10-6-7-11-13/h4-8,10H,3,9,11H2,1-2H3. The lowest BCUT2D eigenvalue weighted by molar-refractivity contribution is 1.23. The van der Waals surface area contributed by atoms with Gasteiger partial charge in [0.1, 0.15) is 8.07 Å². The number of hydrogen-bond acceptors (Lipinski definition) is 0. The minimum absolute atomic E-state index is 1.20. The van der Waals surface area contributed by atoms with Crippen LogP contribution in [-0.2, 0) is 0 Å². The van der Waals surface area contributed by atoms with Crippen LogP contribution in [0.5, 0.6) is 0 Å². The van der Waals surface area contributed by atoms with Gasteiger partial charge in [0, 0.05) is 0 Å². The van der Waals surface area contributed by atoms with Crippen LogP contribution >= 0.6 is 0 Å². The van der Waals surface area contributed by atoms with Crippen LogP contribution in [0.25, 0.3) is 0 Å². The van der Waals surface area contributed by atoms with Crippen LogP contribution in [0.3, 0.4) is 0 Å². The van der Waals surface area contributed by atoms with Crippen molar-refractivity contribution in [1.29, 1.82) is 0 Å². The van der Waals surface area contributed by atoms with E-state index in [-0.39, 0.29) is 0 Å². The Morgan fingerprint density at radius 2 is 1.57 bits per heavy atom. The van der Waals surface area contributed by atoms with Crippen LogP contribution in [0.15, 0.2) is 46.8 Å². The Bertz CT molecular complexity index is 312. The van der Waals surface area contributed by atoms with Gasteiger partial charge in [0.15, 0.2) is 0 Å². The van der Waals surface area contributed by atoms with Gasteiger partial charge < -0.3 is 0 Å². The molecule has 0 atom stereocenters. The van der Waals surface area contributed by atoms with Gasteiger partial charge in [-0.05, 0) is 12.8 Å². The summed E-state index contributed by atoms with van der Waals surface area (Å²) < 4.78 is 0. The fourth-order valence-corrected chi connectivity index (χ4v) is 5.76. The third kappa shape index (κ3) is 1.46. The van der Waals surface area contributed by atoms with Gasteiger partial charge in [-0.2, -0.15) is 0 Å². The summed E-state index contributed by atoms with van der Waals surface area (Å²) in [5, 5.41) is 3.44. The van der Waals surface area contributed by atoms with Gasteiger partial charge in [-0.1, -0.05) is 66.4 Å². The van der Waals surface area contributed by atoms with Crippen molar-refractivity contribution in [1.82, 2.24) is 0 Å². The Morgan fingerprint density at radius 3 is 1.86 bits per heavy atom. The second-order valence-electron chi connectivity index (χ2n) is 4.33. The highest BCUT2D eigenvalue weighted by Crippen LogP contribution is 2.35. The Hall–Kier alpha value is -0.823. The molecule has 2 aliphatic carbocycles. The van der Waals surface area contributed by atoms with Crippen molar-refractivity contribution in [2.24, 2.45) is 0 Å². The van der Waals surface area contributed by atoms with Gasteiger partial charge >= 0.3 is 0 Å². The molecule has 0 aromatic rings. The zero-order valence-corrected chi connectivity index (χ0v) is 10.1. The molecule has 2 aliphatic rings. The van der Waals surface area contributed by atoms with E-state index in [1.807, 2.05) is 0 Å². The van der Waals surface area contributed by atoms with E-state index >= 15 is 0 Å². The average Bonchev–Trinajstić information content (AvgIpc) is 2.88. The van der Waals surface area contributed by atoms with E-state index in [2.05, 4.69) is 49.9 Å². The first kappa shape index (κ1) is 9.72. The third-order valence-corrected chi connectivity index (χ3v) is 8.66. The molecule has 0 saturated carbocycles. The first-order valence-electron chi connectivity index (χ1n) is 5.49. The second-order valence-corrected chi connectivity index (χ2v) is 8.99. The zero-order chi connectivity index (χ0) is 10.0. The van der Waals surface area contributed by atoms with Crippen LogP contribution in [-0.4, -0.2) is 8.07 Å². The largest absolute Gasteiger partial charge is 0.106 e. The molecule has 0 saturated heterocycles. The molecule has 74 valence electrons. The fraction of sp³-hybridized carbons (Fsp3) is 0.385. The van der Waals surface area contributed by atoms with Crippen molar-refractivity contribution in [3.8, 4) is 0 Å². The van der Waals surface area contributed by atoms with Gasteiger partial charge in [-0.25, -0.2) is 0 Å². The van der Waals surface area contributed by atoms with Gasteiger partial charge in [0.25, 0.3) is 0 Å². The Labute approximate surface area is 87.7 Å². The van der Waals surface area contributed by atoms with Gasteiger partial charge in [-0.3, -0.25) is 0 Å². The van der Waals surface area contributed by atoms with Crippen LogP contribution in [0, 0.1) is 0 Å². The number of hydrogen-bond donors (Lipinski definition) is 0. The summed E-state index contributed by atoms with van der Waals surface area (Å²) in [5.74, 6) is 0. The first-order chi connectivity index (χ1) is 6.77. The summed E-state index contributed by atoms with van der Waals surface area (Å²) in [7, 11) is -1.26. The van der Waals surface area contributed by atoms with E-state index in [0.717, 1.165) is 0 Å². The lowest BCUT2D eigenvalue weighted by atomic mass is 10.5. The molecule has 0 aliphatic heterocycles. The van der Waals surface area contributed by atoms with Crippen molar-refractivity contribution in [3.05, 3.63) is 46.8 Å². The van der Waals surface area contributed by atoms with Crippen LogP contribution < -0.4 is 0 Å². The van der Waals surface area contributed by atoms with Gasteiger partial charge in [0.05, 0.1) is 0 Å². The van der Waals surface area contributed by atoms with E-state index < -0.39 is 8.07 Å². The van der Waals surface area contributed by atoms with Crippen LogP contribution in [0.2, 0.25) is 12.6 Å². The number of rotatable bonds is 3. The molecule has 1 heteroatoms. The molecular formula is C13H18Si. The molecule has 0 fully saturated rings. The summed E-state index contributed by atoms with van der Waals surface area (Å²) >= 11 is 0. The normalized spacial score (nSPS) is 20.1. The maximum absolute atomic E-state index is 2.52. The summed E-state index contributed by atoms with van der Waals surface area (Å²) in [6.45, 7) is 4.87. The lowest BCUT2D eigenvalue weighted by Crippen LogP contribution is -2.34. The fourth-order valence-electron chi connectivity index (χ4n) is 2.37. The smallest absolute Gasteiger partial charge is 0.0809 e. The molecule has 0 nitrogen and oxygen atoms in total. The average molecular weight is 202 g/mol. The molecule has 0 radical (unpaired) electrons. The molecule has 0 N–H and O–H groups in total. The Kier molecular flexibility index (Phi) is 2.59. The molecule has 0 unspecified atom stereocenters.